The largest absolute Gasteiger partial charge is 0.326 e. The summed E-state index contributed by atoms with van der Waals surface area (Å²) >= 11 is 0. The lowest BCUT2D eigenvalue weighted by atomic mass is 10.1. The molecule has 0 bridgehead atoms. The maximum atomic E-state index is 4.42. The third-order valence-corrected chi connectivity index (χ3v) is 2.88. The number of benzene rings is 1. The molecule has 1 aromatic carbocycles. The molecule has 1 unspecified atom stereocenters. The van der Waals surface area contributed by atoms with Crippen LogP contribution >= 0.6 is 0 Å². The van der Waals surface area contributed by atoms with Gasteiger partial charge in [0.05, 0.1) is 17.4 Å². The Balaban J connectivity index is 2.16. The van der Waals surface area contributed by atoms with Gasteiger partial charge in [0.25, 0.3) is 0 Å². The maximum absolute atomic E-state index is 4.42. The molecule has 2 aromatic rings. The molecule has 0 aliphatic carbocycles. The van der Waals surface area contributed by atoms with Crippen LogP contribution in [-0.4, -0.2) is 21.6 Å². The van der Waals surface area contributed by atoms with Gasteiger partial charge in [-0.2, -0.15) is 0 Å². The fourth-order valence-corrected chi connectivity index (χ4v) is 1.88. The molecule has 1 N–H and O–H groups in total. The van der Waals surface area contributed by atoms with E-state index in [1.807, 2.05) is 12.4 Å². The maximum Gasteiger partial charge on any atom is 0.0961 e. The molecule has 1 atom stereocenters. The van der Waals surface area contributed by atoms with Crippen molar-refractivity contribution < 1.29 is 0 Å². The number of para-hydroxylation sites is 2. The summed E-state index contributed by atoms with van der Waals surface area (Å²) in [5, 5.41) is 3.53. The van der Waals surface area contributed by atoms with Gasteiger partial charge in [-0.25, -0.2) is 4.98 Å². The molecule has 0 amide bonds. The average molecular weight is 231 g/mol. The van der Waals surface area contributed by atoms with Gasteiger partial charge in [0.1, 0.15) is 0 Å². The minimum Gasteiger partial charge on any atom is -0.326 e. The molecule has 3 nitrogen and oxygen atoms in total. The Kier molecular flexibility index (Phi) is 3.20. The van der Waals surface area contributed by atoms with Crippen molar-refractivity contribution in [3.05, 3.63) is 30.6 Å². The van der Waals surface area contributed by atoms with E-state index >= 15 is 0 Å². The van der Waals surface area contributed by atoms with Gasteiger partial charge in [-0.05, 0) is 39.8 Å². The van der Waals surface area contributed by atoms with Crippen LogP contribution in [0.4, 0.5) is 0 Å². The van der Waals surface area contributed by atoms with E-state index in [-0.39, 0.29) is 5.54 Å². The van der Waals surface area contributed by atoms with E-state index in [1.165, 1.54) is 5.52 Å². The summed E-state index contributed by atoms with van der Waals surface area (Å²) < 4.78 is 2.23. The molecule has 0 aliphatic heterocycles. The Morgan fingerprint density at radius 1 is 1.29 bits per heavy atom. The number of hydrogen-bond acceptors (Lipinski definition) is 2. The summed E-state index contributed by atoms with van der Waals surface area (Å²) in [7, 11) is 0. The van der Waals surface area contributed by atoms with Gasteiger partial charge in [0, 0.05) is 18.1 Å². The molecule has 0 aliphatic rings. The molecule has 92 valence electrons. The minimum absolute atomic E-state index is 0.157. The zero-order valence-electron chi connectivity index (χ0n) is 11.1. The van der Waals surface area contributed by atoms with Crippen LogP contribution in [-0.2, 0) is 0 Å². The van der Waals surface area contributed by atoms with Crippen LogP contribution in [0.5, 0.6) is 0 Å². The third kappa shape index (κ3) is 2.86. The molecule has 0 radical (unpaired) electrons. The summed E-state index contributed by atoms with van der Waals surface area (Å²) in [5.74, 6) is 0. The van der Waals surface area contributed by atoms with Crippen molar-refractivity contribution in [3.8, 4) is 0 Å². The number of imidazole rings is 1. The normalized spacial score (nSPS) is 14.1. The lowest BCUT2D eigenvalue weighted by Gasteiger charge is -2.24. The Labute approximate surface area is 103 Å². The SMILES string of the molecule is CC(CNC(C)(C)C)n1cnc2ccccc21. The third-order valence-electron chi connectivity index (χ3n) is 2.88. The number of rotatable bonds is 3. The van der Waals surface area contributed by atoms with Crippen LogP contribution in [0, 0.1) is 0 Å². The van der Waals surface area contributed by atoms with Crippen LogP contribution in [0.15, 0.2) is 30.6 Å². The molecule has 1 aromatic heterocycles. The van der Waals surface area contributed by atoms with E-state index in [1.54, 1.807) is 0 Å². The van der Waals surface area contributed by atoms with Crippen molar-refractivity contribution in [2.75, 3.05) is 6.54 Å². The number of fused-ring (bicyclic) bond motifs is 1. The summed E-state index contributed by atoms with van der Waals surface area (Å²) in [6.07, 6.45) is 1.93. The van der Waals surface area contributed by atoms with E-state index in [9.17, 15) is 0 Å². The Morgan fingerprint density at radius 3 is 2.71 bits per heavy atom. The van der Waals surface area contributed by atoms with Gasteiger partial charge in [-0.1, -0.05) is 12.1 Å². The highest BCUT2D eigenvalue weighted by atomic mass is 15.1. The highest BCUT2D eigenvalue weighted by molar-refractivity contribution is 5.75. The molecule has 0 saturated heterocycles. The van der Waals surface area contributed by atoms with E-state index in [0.29, 0.717) is 6.04 Å². The first-order chi connectivity index (χ1) is 7.97. The van der Waals surface area contributed by atoms with Gasteiger partial charge in [0.2, 0.25) is 0 Å². The second-order valence-electron chi connectivity index (χ2n) is 5.62. The standard InChI is InChI=1S/C14H21N3/c1-11(9-16-14(2,3)4)17-10-15-12-7-5-6-8-13(12)17/h5-8,10-11,16H,9H2,1-4H3. The highest BCUT2D eigenvalue weighted by Gasteiger charge is 2.13. The predicted molar refractivity (Wildman–Crippen MR) is 72.2 cm³/mol. The highest BCUT2D eigenvalue weighted by Crippen LogP contribution is 2.17. The van der Waals surface area contributed by atoms with Gasteiger partial charge in [-0.15, -0.1) is 0 Å². The number of nitrogens with zero attached hydrogens (tertiary/aromatic N) is 2. The molecule has 0 fully saturated rings. The summed E-state index contributed by atoms with van der Waals surface area (Å²) in [4.78, 5) is 4.42. The first-order valence-corrected chi connectivity index (χ1v) is 6.14. The Morgan fingerprint density at radius 2 is 2.00 bits per heavy atom. The van der Waals surface area contributed by atoms with Crippen molar-refractivity contribution >= 4 is 11.0 Å². The molecule has 0 saturated carbocycles. The second-order valence-corrected chi connectivity index (χ2v) is 5.62. The molecule has 3 heteroatoms. The summed E-state index contributed by atoms with van der Waals surface area (Å²) in [6.45, 7) is 9.72. The number of aromatic nitrogens is 2. The second kappa shape index (κ2) is 4.49. The van der Waals surface area contributed by atoms with Crippen LogP contribution in [0.25, 0.3) is 11.0 Å². The van der Waals surface area contributed by atoms with Crippen LogP contribution in [0.2, 0.25) is 0 Å². The van der Waals surface area contributed by atoms with Gasteiger partial charge >= 0.3 is 0 Å². The Bertz CT molecular complexity index is 493. The molecule has 17 heavy (non-hydrogen) atoms. The first kappa shape index (κ1) is 12.1. The lowest BCUT2D eigenvalue weighted by molar-refractivity contribution is 0.382. The van der Waals surface area contributed by atoms with Crippen molar-refractivity contribution in [1.29, 1.82) is 0 Å². The summed E-state index contributed by atoms with van der Waals surface area (Å²) in [5.41, 5.74) is 2.43. The molecular formula is C14H21N3. The first-order valence-electron chi connectivity index (χ1n) is 6.14. The van der Waals surface area contributed by atoms with Crippen LogP contribution in [0.3, 0.4) is 0 Å². The van der Waals surface area contributed by atoms with E-state index in [0.717, 1.165) is 12.1 Å². The fourth-order valence-electron chi connectivity index (χ4n) is 1.88. The Hall–Kier alpha value is -1.35. The van der Waals surface area contributed by atoms with Gasteiger partial charge in [-0.3, -0.25) is 0 Å². The monoisotopic (exact) mass is 231 g/mol. The zero-order chi connectivity index (χ0) is 12.5. The predicted octanol–water partition coefficient (Wildman–Crippen LogP) is 2.99. The van der Waals surface area contributed by atoms with E-state index < -0.39 is 0 Å². The van der Waals surface area contributed by atoms with E-state index in [4.69, 9.17) is 0 Å². The molecule has 1 heterocycles. The van der Waals surface area contributed by atoms with Crippen LogP contribution in [0.1, 0.15) is 33.7 Å². The lowest BCUT2D eigenvalue weighted by Crippen LogP contribution is -2.39. The van der Waals surface area contributed by atoms with Crippen molar-refractivity contribution in [2.24, 2.45) is 0 Å². The molecule has 0 spiro atoms. The van der Waals surface area contributed by atoms with Crippen molar-refractivity contribution in [3.63, 3.8) is 0 Å². The number of nitrogens with one attached hydrogen (secondary N) is 1. The topological polar surface area (TPSA) is 29.9 Å². The molecular weight excluding hydrogens is 210 g/mol. The van der Waals surface area contributed by atoms with Gasteiger partial charge < -0.3 is 9.88 Å². The summed E-state index contributed by atoms with van der Waals surface area (Å²) in [6, 6.07) is 8.66. The quantitative estimate of drug-likeness (QED) is 0.880. The van der Waals surface area contributed by atoms with E-state index in [2.05, 4.69) is 60.8 Å². The number of hydrogen-bond donors (Lipinski definition) is 1. The van der Waals surface area contributed by atoms with Crippen molar-refractivity contribution in [2.45, 2.75) is 39.3 Å². The fraction of sp³-hybridized carbons (Fsp3) is 0.500. The van der Waals surface area contributed by atoms with Crippen molar-refractivity contribution in [1.82, 2.24) is 14.9 Å². The van der Waals surface area contributed by atoms with Gasteiger partial charge in [0.15, 0.2) is 0 Å². The zero-order valence-corrected chi connectivity index (χ0v) is 11.1. The molecule has 2 rings (SSSR count). The smallest absolute Gasteiger partial charge is 0.0961 e. The minimum atomic E-state index is 0.157. The average Bonchev–Trinajstić information content (AvgIpc) is 2.68. The van der Waals surface area contributed by atoms with Crippen LogP contribution < -0.4 is 5.32 Å².